The van der Waals surface area contributed by atoms with E-state index in [0.717, 1.165) is 42.0 Å². The number of aromatic nitrogens is 1. The van der Waals surface area contributed by atoms with Crippen LogP contribution >= 0.6 is 40.7 Å². The Hall–Kier alpha value is -1.06. The van der Waals surface area contributed by atoms with E-state index in [2.05, 4.69) is 35.9 Å². The van der Waals surface area contributed by atoms with Gasteiger partial charge in [0.1, 0.15) is 10.4 Å². The summed E-state index contributed by atoms with van der Waals surface area (Å²) in [5.74, 6) is -0.225. The highest BCUT2D eigenvalue weighted by molar-refractivity contribution is 9.10. The van der Waals surface area contributed by atoms with Crippen LogP contribution in [0.5, 0.6) is 5.75 Å². The van der Waals surface area contributed by atoms with Crippen molar-refractivity contribution in [3.8, 4) is 5.75 Å². The SMILES string of the molecule is Cl.Cl.FC(F)(F)Oc1ccc([C@H](c2cccc(Br)n2)N2CCNCC2)cc1. The minimum Gasteiger partial charge on any atom is -0.406 e. The van der Waals surface area contributed by atoms with Crippen LogP contribution in [0.1, 0.15) is 17.3 Å². The van der Waals surface area contributed by atoms with Gasteiger partial charge in [-0.2, -0.15) is 0 Å². The highest BCUT2D eigenvalue weighted by Crippen LogP contribution is 2.31. The van der Waals surface area contributed by atoms with E-state index >= 15 is 0 Å². The van der Waals surface area contributed by atoms with Crippen LogP contribution < -0.4 is 10.1 Å². The zero-order valence-corrected chi connectivity index (χ0v) is 17.3. The lowest BCUT2D eigenvalue weighted by Crippen LogP contribution is -2.45. The van der Waals surface area contributed by atoms with E-state index in [4.69, 9.17) is 0 Å². The third-order valence-electron chi connectivity index (χ3n) is 3.96. The van der Waals surface area contributed by atoms with Gasteiger partial charge in [0.25, 0.3) is 0 Å². The number of piperazine rings is 1. The van der Waals surface area contributed by atoms with Gasteiger partial charge in [0.2, 0.25) is 0 Å². The fraction of sp³-hybridized carbons (Fsp3) is 0.353. The summed E-state index contributed by atoms with van der Waals surface area (Å²) in [5.41, 5.74) is 1.72. The van der Waals surface area contributed by atoms with Gasteiger partial charge < -0.3 is 10.1 Å². The lowest BCUT2D eigenvalue weighted by Gasteiger charge is -2.35. The summed E-state index contributed by atoms with van der Waals surface area (Å²) in [7, 11) is 0. The van der Waals surface area contributed by atoms with Crippen LogP contribution in [0.3, 0.4) is 0 Å². The minimum absolute atomic E-state index is 0. The topological polar surface area (TPSA) is 37.4 Å². The Kier molecular flexibility index (Phi) is 9.30. The molecule has 4 nitrogen and oxygen atoms in total. The van der Waals surface area contributed by atoms with Crippen LogP contribution in [0.25, 0.3) is 0 Å². The standard InChI is InChI=1S/C17H17BrF3N3O.2ClH/c18-15-3-1-2-14(23-15)16(24-10-8-22-9-11-24)12-4-6-13(7-5-12)25-17(19,20)21;;/h1-7,16,22H,8-11H2;2*1H/t16-;;/m1../s1. The molecule has 0 bridgehead atoms. The molecule has 150 valence electrons. The molecule has 1 fully saturated rings. The quantitative estimate of drug-likeness (QED) is 0.639. The van der Waals surface area contributed by atoms with E-state index in [1.165, 1.54) is 12.1 Å². The molecule has 1 aromatic heterocycles. The van der Waals surface area contributed by atoms with Gasteiger partial charge in [-0.05, 0) is 45.8 Å². The smallest absolute Gasteiger partial charge is 0.406 e. The summed E-state index contributed by atoms with van der Waals surface area (Å²) in [6, 6.07) is 11.6. The second-order valence-electron chi connectivity index (χ2n) is 5.69. The summed E-state index contributed by atoms with van der Waals surface area (Å²) < 4.78 is 41.7. The van der Waals surface area contributed by atoms with E-state index in [-0.39, 0.29) is 36.6 Å². The third kappa shape index (κ3) is 6.80. The summed E-state index contributed by atoms with van der Waals surface area (Å²) >= 11 is 3.38. The van der Waals surface area contributed by atoms with Gasteiger partial charge in [0.05, 0.1) is 11.7 Å². The van der Waals surface area contributed by atoms with Crippen molar-refractivity contribution in [1.29, 1.82) is 0 Å². The molecule has 0 radical (unpaired) electrons. The number of ether oxygens (including phenoxy) is 1. The number of hydrogen-bond acceptors (Lipinski definition) is 4. The van der Waals surface area contributed by atoms with Gasteiger partial charge in [-0.25, -0.2) is 4.98 Å². The van der Waals surface area contributed by atoms with Crippen molar-refractivity contribution in [3.05, 3.63) is 58.3 Å². The van der Waals surface area contributed by atoms with Gasteiger partial charge in [-0.3, -0.25) is 4.90 Å². The largest absolute Gasteiger partial charge is 0.573 e. The molecule has 1 saturated heterocycles. The molecule has 1 aliphatic heterocycles. The molecule has 1 atom stereocenters. The lowest BCUT2D eigenvalue weighted by atomic mass is 10.0. The fourth-order valence-corrected chi connectivity index (χ4v) is 3.29. The molecule has 0 aliphatic carbocycles. The molecular weight excluding hydrogens is 470 g/mol. The molecule has 0 saturated carbocycles. The van der Waals surface area contributed by atoms with Crippen LogP contribution in [0.4, 0.5) is 13.2 Å². The number of hydrogen-bond donors (Lipinski definition) is 1. The first kappa shape index (κ1) is 24.0. The Morgan fingerprint density at radius 3 is 2.22 bits per heavy atom. The molecule has 1 aliphatic rings. The van der Waals surface area contributed by atoms with Gasteiger partial charge in [-0.15, -0.1) is 38.0 Å². The second-order valence-corrected chi connectivity index (χ2v) is 6.50. The van der Waals surface area contributed by atoms with Gasteiger partial charge in [0.15, 0.2) is 0 Å². The highest BCUT2D eigenvalue weighted by atomic mass is 79.9. The predicted octanol–water partition coefficient (Wildman–Crippen LogP) is 4.58. The van der Waals surface area contributed by atoms with E-state index in [1.807, 2.05) is 18.2 Å². The van der Waals surface area contributed by atoms with E-state index in [1.54, 1.807) is 12.1 Å². The first-order valence-corrected chi connectivity index (χ1v) is 8.64. The molecule has 0 amide bonds. The molecule has 1 aromatic carbocycles. The van der Waals surface area contributed by atoms with Crippen molar-refractivity contribution < 1.29 is 17.9 Å². The Labute approximate surface area is 176 Å². The van der Waals surface area contributed by atoms with Crippen LogP contribution in [-0.4, -0.2) is 42.4 Å². The van der Waals surface area contributed by atoms with Gasteiger partial charge >= 0.3 is 6.36 Å². The first-order chi connectivity index (χ1) is 11.9. The molecule has 1 N–H and O–H groups in total. The Bertz CT molecular complexity index is 713. The number of halogens is 6. The first-order valence-electron chi connectivity index (χ1n) is 7.85. The van der Waals surface area contributed by atoms with Crippen molar-refractivity contribution in [2.24, 2.45) is 0 Å². The average Bonchev–Trinajstić information content (AvgIpc) is 2.56. The summed E-state index contributed by atoms with van der Waals surface area (Å²) in [4.78, 5) is 6.82. The number of rotatable bonds is 4. The Morgan fingerprint density at radius 1 is 1.04 bits per heavy atom. The van der Waals surface area contributed by atoms with Crippen molar-refractivity contribution in [2.45, 2.75) is 12.4 Å². The fourth-order valence-electron chi connectivity index (χ4n) is 2.94. The molecule has 0 spiro atoms. The predicted molar refractivity (Wildman–Crippen MR) is 106 cm³/mol. The zero-order valence-electron chi connectivity index (χ0n) is 14.1. The monoisotopic (exact) mass is 487 g/mol. The van der Waals surface area contributed by atoms with E-state index in [0.29, 0.717) is 0 Å². The second kappa shape index (κ2) is 10.5. The molecule has 2 heterocycles. The van der Waals surface area contributed by atoms with Crippen LogP contribution in [0, 0.1) is 0 Å². The van der Waals surface area contributed by atoms with Gasteiger partial charge in [-0.1, -0.05) is 18.2 Å². The van der Waals surface area contributed by atoms with Crippen LogP contribution in [0.2, 0.25) is 0 Å². The van der Waals surface area contributed by atoms with Crippen LogP contribution in [-0.2, 0) is 0 Å². The maximum absolute atomic E-state index is 12.3. The number of nitrogens with zero attached hydrogens (tertiary/aromatic N) is 2. The summed E-state index contributed by atoms with van der Waals surface area (Å²) in [6.07, 6.45) is -4.69. The molecule has 0 unspecified atom stereocenters. The minimum atomic E-state index is -4.69. The number of pyridine rings is 1. The van der Waals surface area contributed by atoms with Crippen molar-refractivity contribution >= 4 is 40.7 Å². The Balaban J connectivity index is 0.00000182. The Morgan fingerprint density at radius 2 is 1.67 bits per heavy atom. The average molecular weight is 489 g/mol. The number of benzene rings is 1. The maximum atomic E-state index is 12.3. The summed E-state index contributed by atoms with van der Waals surface area (Å²) in [5, 5.41) is 3.30. The third-order valence-corrected chi connectivity index (χ3v) is 4.40. The van der Waals surface area contributed by atoms with Crippen LogP contribution in [0.15, 0.2) is 47.1 Å². The highest BCUT2D eigenvalue weighted by Gasteiger charge is 2.31. The lowest BCUT2D eigenvalue weighted by molar-refractivity contribution is -0.274. The number of nitrogens with one attached hydrogen (secondary N) is 1. The molecule has 3 rings (SSSR count). The number of alkyl halides is 3. The van der Waals surface area contributed by atoms with E-state index in [9.17, 15) is 13.2 Å². The molecule has 27 heavy (non-hydrogen) atoms. The molecule has 2 aromatic rings. The molecule has 10 heteroatoms. The van der Waals surface area contributed by atoms with Gasteiger partial charge in [0, 0.05) is 26.2 Å². The van der Waals surface area contributed by atoms with Crippen molar-refractivity contribution in [3.63, 3.8) is 0 Å². The van der Waals surface area contributed by atoms with Crippen molar-refractivity contribution in [2.75, 3.05) is 26.2 Å². The van der Waals surface area contributed by atoms with Crippen molar-refractivity contribution in [1.82, 2.24) is 15.2 Å². The zero-order chi connectivity index (χ0) is 17.9. The normalized spacial score (nSPS) is 16.0. The maximum Gasteiger partial charge on any atom is 0.573 e. The molecular formula is C17H19BrCl2F3N3O. The van der Waals surface area contributed by atoms with E-state index < -0.39 is 6.36 Å². The summed E-state index contributed by atoms with van der Waals surface area (Å²) in [6.45, 7) is 3.39.